The van der Waals surface area contributed by atoms with E-state index in [1.165, 1.54) is 0 Å². The summed E-state index contributed by atoms with van der Waals surface area (Å²) in [5, 5.41) is 3.27. The number of hydrogen-bond acceptors (Lipinski definition) is 4. The van der Waals surface area contributed by atoms with Crippen molar-refractivity contribution in [2.75, 3.05) is 13.2 Å². The van der Waals surface area contributed by atoms with Crippen LogP contribution in [0.4, 0.5) is 0 Å². The van der Waals surface area contributed by atoms with Crippen molar-refractivity contribution >= 4 is 5.90 Å². The maximum absolute atomic E-state index is 5.47. The molecule has 86 valence electrons. The summed E-state index contributed by atoms with van der Waals surface area (Å²) in [7, 11) is 0. The van der Waals surface area contributed by atoms with Crippen molar-refractivity contribution in [3.63, 3.8) is 0 Å². The van der Waals surface area contributed by atoms with Crippen LogP contribution in [0.3, 0.4) is 0 Å². The molecule has 0 bridgehead atoms. The molecular formula is C11H20N2O2. The lowest BCUT2D eigenvalue weighted by molar-refractivity contribution is 0.186. The largest absolute Gasteiger partial charge is 0.480 e. The summed E-state index contributed by atoms with van der Waals surface area (Å²) in [5.41, 5.74) is 0. The molecule has 0 aromatic heterocycles. The molecule has 1 rings (SSSR count). The molecule has 15 heavy (non-hydrogen) atoms. The molecule has 1 aliphatic rings. The fraction of sp³-hybridized carbons (Fsp3) is 0.727. The second-order valence-corrected chi connectivity index (χ2v) is 3.69. The van der Waals surface area contributed by atoms with Crippen LogP contribution in [0.1, 0.15) is 27.7 Å². The predicted molar refractivity (Wildman–Crippen MR) is 60.5 cm³/mol. The van der Waals surface area contributed by atoms with Gasteiger partial charge in [0.1, 0.15) is 6.04 Å². The second kappa shape index (κ2) is 5.63. The Morgan fingerprint density at radius 3 is 2.53 bits per heavy atom. The van der Waals surface area contributed by atoms with Gasteiger partial charge in [0, 0.05) is 0 Å². The maximum atomic E-state index is 5.47. The minimum atomic E-state index is 0.108. The Kier molecular flexibility index (Phi) is 4.46. The first-order valence-electron chi connectivity index (χ1n) is 5.49. The molecule has 0 aromatic rings. The molecule has 0 aliphatic carbocycles. The van der Waals surface area contributed by atoms with E-state index in [2.05, 4.69) is 24.2 Å². The molecule has 1 heterocycles. The summed E-state index contributed by atoms with van der Waals surface area (Å²) < 4.78 is 10.8. The summed E-state index contributed by atoms with van der Waals surface area (Å²) in [6, 6.07) is 0.108. The van der Waals surface area contributed by atoms with Gasteiger partial charge in [0.05, 0.1) is 19.4 Å². The van der Waals surface area contributed by atoms with Crippen LogP contribution in [-0.2, 0) is 9.47 Å². The zero-order valence-electron chi connectivity index (χ0n) is 9.91. The van der Waals surface area contributed by atoms with Gasteiger partial charge in [0.2, 0.25) is 11.8 Å². The molecule has 0 spiro atoms. The van der Waals surface area contributed by atoms with Crippen LogP contribution in [0.2, 0.25) is 0 Å². The number of nitrogens with one attached hydrogen (secondary N) is 1. The molecule has 0 saturated heterocycles. The van der Waals surface area contributed by atoms with E-state index >= 15 is 0 Å². The van der Waals surface area contributed by atoms with E-state index in [0.29, 0.717) is 19.1 Å². The molecular weight excluding hydrogens is 192 g/mol. The Bertz CT molecular complexity index is 259. The number of hydrogen-bond donors (Lipinski definition) is 1. The molecule has 4 nitrogen and oxygen atoms in total. The van der Waals surface area contributed by atoms with Gasteiger partial charge in [-0.1, -0.05) is 13.8 Å². The Labute approximate surface area is 91.4 Å². The quantitative estimate of drug-likeness (QED) is 0.773. The van der Waals surface area contributed by atoms with E-state index in [4.69, 9.17) is 9.47 Å². The van der Waals surface area contributed by atoms with Crippen LogP contribution in [-0.4, -0.2) is 25.2 Å². The van der Waals surface area contributed by atoms with Gasteiger partial charge in [0.25, 0.3) is 0 Å². The Morgan fingerprint density at radius 1 is 1.33 bits per heavy atom. The van der Waals surface area contributed by atoms with Gasteiger partial charge in [-0.05, 0) is 19.8 Å². The molecule has 0 aromatic carbocycles. The molecule has 0 radical (unpaired) electrons. The third-order valence-corrected chi connectivity index (χ3v) is 2.13. The molecule has 1 aliphatic heterocycles. The number of aliphatic imine (C=N–C) groups is 1. The lowest BCUT2D eigenvalue weighted by Gasteiger charge is -2.27. The van der Waals surface area contributed by atoms with Gasteiger partial charge in [0.15, 0.2) is 0 Å². The summed E-state index contributed by atoms with van der Waals surface area (Å²) in [4.78, 5) is 4.27. The van der Waals surface area contributed by atoms with Crippen molar-refractivity contribution in [3.8, 4) is 0 Å². The maximum Gasteiger partial charge on any atom is 0.211 e. The van der Waals surface area contributed by atoms with Gasteiger partial charge in [-0.15, -0.1) is 0 Å². The Hall–Kier alpha value is -1.19. The Balaban J connectivity index is 2.72. The number of ether oxygens (including phenoxy) is 2. The standard InChI is InChI=1S/C11H20N2O2/c1-5-14-9-7-12-11(15-6-2)10(13-9)8(3)4/h7-8,10,13H,5-6H2,1-4H3/t10-/m1/s1. The van der Waals surface area contributed by atoms with E-state index in [1.54, 1.807) is 6.20 Å². The normalized spacial score (nSPS) is 20.5. The van der Waals surface area contributed by atoms with E-state index in [0.717, 1.165) is 11.8 Å². The first-order valence-corrected chi connectivity index (χ1v) is 5.49. The van der Waals surface area contributed by atoms with Crippen molar-refractivity contribution in [2.45, 2.75) is 33.7 Å². The monoisotopic (exact) mass is 212 g/mol. The van der Waals surface area contributed by atoms with Crippen LogP contribution in [0.25, 0.3) is 0 Å². The zero-order chi connectivity index (χ0) is 11.3. The van der Waals surface area contributed by atoms with Crippen LogP contribution in [0.15, 0.2) is 17.1 Å². The van der Waals surface area contributed by atoms with E-state index in [9.17, 15) is 0 Å². The summed E-state index contributed by atoms with van der Waals surface area (Å²) >= 11 is 0. The SMILES string of the molecule is CCOC1=CN=C(OCC)[C@@H](C(C)C)N1. The van der Waals surface area contributed by atoms with Gasteiger partial charge >= 0.3 is 0 Å². The lowest BCUT2D eigenvalue weighted by Crippen LogP contribution is -2.44. The third kappa shape index (κ3) is 3.15. The Morgan fingerprint density at radius 2 is 2.00 bits per heavy atom. The van der Waals surface area contributed by atoms with Crippen molar-refractivity contribution in [1.29, 1.82) is 0 Å². The van der Waals surface area contributed by atoms with Crippen molar-refractivity contribution < 1.29 is 9.47 Å². The van der Waals surface area contributed by atoms with E-state index in [-0.39, 0.29) is 6.04 Å². The average molecular weight is 212 g/mol. The first kappa shape index (κ1) is 11.9. The highest BCUT2D eigenvalue weighted by atomic mass is 16.5. The summed E-state index contributed by atoms with van der Waals surface area (Å²) in [5.74, 6) is 1.88. The molecule has 0 amide bonds. The van der Waals surface area contributed by atoms with Crippen molar-refractivity contribution in [1.82, 2.24) is 5.32 Å². The van der Waals surface area contributed by atoms with Crippen molar-refractivity contribution in [2.24, 2.45) is 10.9 Å². The fourth-order valence-electron chi connectivity index (χ4n) is 1.42. The van der Waals surface area contributed by atoms with Gasteiger partial charge in [-0.25, -0.2) is 4.99 Å². The summed E-state index contributed by atoms with van der Waals surface area (Å²) in [6.07, 6.45) is 1.67. The molecule has 1 atom stereocenters. The molecule has 0 fully saturated rings. The number of nitrogens with zero attached hydrogens (tertiary/aromatic N) is 1. The highest BCUT2D eigenvalue weighted by Gasteiger charge is 2.25. The van der Waals surface area contributed by atoms with Crippen LogP contribution in [0.5, 0.6) is 0 Å². The van der Waals surface area contributed by atoms with Crippen LogP contribution >= 0.6 is 0 Å². The van der Waals surface area contributed by atoms with Crippen LogP contribution in [0, 0.1) is 5.92 Å². The fourth-order valence-corrected chi connectivity index (χ4v) is 1.42. The lowest BCUT2D eigenvalue weighted by atomic mass is 10.0. The minimum absolute atomic E-state index is 0.108. The first-order chi connectivity index (χ1) is 7.19. The highest BCUT2D eigenvalue weighted by Crippen LogP contribution is 2.13. The van der Waals surface area contributed by atoms with Gasteiger partial charge in [-0.2, -0.15) is 0 Å². The number of rotatable bonds is 4. The summed E-state index contributed by atoms with van der Waals surface area (Å²) in [6.45, 7) is 9.45. The zero-order valence-corrected chi connectivity index (χ0v) is 9.91. The topological polar surface area (TPSA) is 42.9 Å². The minimum Gasteiger partial charge on any atom is -0.480 e. The van der Waals surface area contributed by atoms with Gasteiger partial charge in [-0.3, -0.25) is 0 Å². The van der Waals surface area contributed by atoms with Gasteiger partial charge < -0.3 is 14.8 Å². The predicted octanol–water partition coefficient (Wildman–Crippen LogP) is 1.88. The molecule has 4 heteroatoms. The third-order valence-electron chi connectivity index (χ3n) is 2.13. The van der Waals surface area contributed by atoms with Crippen molar-refractivity contribution in [3.05, 3.63) is 12.1 Å². The highest BCUT2D eigenvalue weighted by molar-refractivity contribution is 5.83. The average Bonchev–Trinajstić information content (AvgIpc) is 2.21. The molecule has 0 unspecified atom stereocenters. The van der Waals surface area contributed by atoms with E-state index < -0.39 is 0 Å². The smallest absolute Gasteiger partial charge is 0.211 e. The van der Waals surface area contributed by atoms with Crippen LogP contribution < -0.4 is 5.32 Å². The molecule has 1 N–H and O–H groups in total. The molecule has 0 saturated carbocycles. The van der Waals surface area contributed by atoms with E-state index in [1.807, 2.05) is 13.8 Å². The second-order valence-electron chi connectivity index (χ2n) is 3.69.